The van der Waals surface area contributed by atoms with E-state index >= 15 is 0 Å². The molecule has 1 aromatic heterocycles. The number of benzene rings is 1. The third-order valence-corrected chi connectivity index (χ3v) is 5.00. The Kier molecular flexibility index (Phi) is 3.71. The maximum absolute atomic E-state index is 12.8. The predicted molar refractivity (Wildman–Crippen MR) is 93.1 cm³/mol. The van der Waals surface area contributed by atoms with Crippen LogP contribution >= 0.6 is 0 Å². The average Bonchev–Trinajstić information content (AvgIpc) is 3.16. The van der Waals surface area contributed by atoms with Crippen molar-refractivity contribution in [2.45, 2.75) is 51.2 Å². The minimum Gasteiger partial charge on any atom is -0.497 e. The van der Waals surface area contributed by atoms with Crippen molar-refractivity contribution in [1.82, 2.24) is 15.5 Å². The number of methoxy groups -OCH3 is 1. The Hall–Kier alpha value is -2.50. The van der Waals surface area contributed by atoms with Gasteiger partial charge >= 0.3 is 0 Å². The monoisotopic (exact) mass is 341 g/mol. The van der Waals surface area contributed by atoms with Crippen LogP contribution in [0.1, 0.15) is 60.0 Å². The van der Waals surface area contributed by atoms with Crippen LogP contribution < -0.4 is 14.8 Å². The molecule has 2 aliphatic rings. The lowest BCUT2D eigenvalue weighted by Crippen LogP contribution is -2.41. The number of carbonyl (C=O) groups excluding carboxylic acids is 1. The molecule has 0 radical (unpaired) electrons. The normalized spacial score (nSPS) is 20.4. The van der Waals surface area contributed by atoms with Gasteiger partial charge in [-0.15, -0.1) is 0 Å². The molecule has 0 fully saturated rings. The maximum Gasteiger partial charge on any atom is 0.272 e. The van der Waals surface area contributed by atoms with Crippen molar-refractivity contribution >= 4 is 5.91 Å². The summed E-state index contributed by atoms with van der Waals surface area (Å²) in [5.41, 5.74) is 3.28. The van der Waals surface area contributed by atoms with Crippen molar-refractivity contribution in [3.63, 3.8) is 0 Å². The van der Waals surface area contributed by atoms with E-state index in [4.69, 9.17) is 9.47 Å². The zero-order valence-electron chi connectivity index (χ0n) is 14.8. The molecule has 2 heterocycles. The fourth-order valence-electron chi connectivity index (χ4n) is 3.82. The lowest BCUT2D eigenvalue weighted by Gasteiger charge is -2.38. The van der Waals surface area contributed by atoms with Gasteiger partial charge < -0.3 is 14.8 Å². The number of hydrogen-bond donors (Lipinski definition) is 2. The Bertz CT molecular complexity index is 825. The van der Waals surface area contributed by atoms with Crippen LogP contribution in [0.15, 0.2) is 18.2 Å². The summed E-state index contributed by atoms with van der Waals surface area (Å²) in [6, 6.07) is 5.57. The highest BCUT2D eigenvalue weighted by molar-refractivity contribution is 5.94. The van der Waals surface area contributed by atoms with Crippen LogP contribution in [-0.2, 0) is 12.8 Å². The minimum absolute atomic E-state index is 0.129. The van der Waals surface area contributed by atoms with Gasteiger partial charge in [-0.3, -0.25) is 9.89 Å². The molecule has 1 atom stereocenters. The van der Waals surface area contributed by atoms with E-state index in [0.717, 1.165) is 47.6 Å². The quantitative estimate of drug-likeness (QED) is 0.900. The molecule has 0 spiro atoms. The highest BCUT2D eigenvalue weighted by atomic mass is 16.5. The molecule has 25 heavy (non-hydrogen) atoms. The molecule has 2 aromatic rings. The first-order valence-corrected chi connectivity index (χ1v) is 8.71. The Morgan fingerprint density at radius 1 is 1.40 bits per heavy atom. The van der Waals surface area contributed by atoms with Gasteiger partial charge in [0.25, 0.3) is 5.91 Å². The molecule has 1 aliphatic heterocycles. The Morgan fingerprint density at radius 3 is 3.04 bits per heavy atom. The Labute approximate surface area is 146 Å². The fraction of sp³-hybridized carbons (Fsp3) is 0.474. The largest absolute Gasteiger partial charge is 0.497 e. The molecule has 1 aliphatic carbocycles. The predicted octanol–water partition coefficient (Wildman–Crippen LogP) is 2.94. The molecular formula is C19H23N3O3. The van der Waals surface area contributed by atoms with E-state index in [2.05, 4.69) is 15.5 Å². The van der Waals surface area contributed by atoms with Crippen LogP contribution in [0.4, 0.5) is 0 Å². The van der Waals surface area contributed by atoms with Gasteiger partial charge in [-0.25, -0.2) is 0 Å². The first kappa shape index (κ1) is 16.0. The zero-order chi connectivity index (χ0) is 17.6. The highest BCUT2D eigenvalue weighted by Crippen LogP contribution is 2.41. The van der Waals surface area contributed by atoms with Gasteiger partial charge in [0.2, 0.25) is 0 Å². The van der Waals surface area contributed by atoms with Crippen molar-refractivity contribution in [2.24, 2.45) is 0 Å². The minimum atomic E-state index is -0.354. The molecule has 0 bridgehead atoms. The first-order chi connectivity index (χ1) is 12.0. The molecule has 2 N–H and O–H groups in total. The van der Waals surface area contributed by atoms with E-state index in [0.29, 0.717) is 12.1 Å². The molecule has 1 amide bonds. The molecular weight excluding hydrogens is 318 g/mol. The lowest BCUT2D eigenvalue weighted by molar-refractivity contribution is 0.0616. The van der Waals surface area contributed by atoms with Crippen molar-refractivity contribution in [1.29, 1.82) is 0 Å². The van der Waals surface area contributed by atoms with Gasteiger partial charge in [-0.2, -0.15) is 5.10 Å². The van der Waals surface area contributed by atoms with Gasteiger partial charge in [0.1, 0.15) is 17.1 Å². The molecule has 6 nitrogen and oxygen atoms in total. The van der Waals surface area contributed by atoms with E-state index < -0.39 is 0 Å². The molecule has 4 rings (SSSR count). The molecule has 132 valence electrons. The summed E-state index contributed by atoms with van der Waals surface area (Å²) in [6.07, 6.45) is 3.65. The summed E-state index contributed by atoms with van der Waals surface area (Å²) < 4.78 is 11.4. The van der Waals surface area contributed by atoms with Crippen LogP contribution in [0.3, 0.4) is 0 Å². The molecule has 0 saturated heterocycles. The van der Waals surface area contributed by atoms with Gasteiger partial charge in [0.05, 0.1) is 13.2 Å². The van der Waals surface area contributed by atoms with Crippen LogP contribution in [-0.4, -0.2) is 28.8 Å². The SMILES string of the molecule is COc1ccc2c(c1)[C@@H](NC(=O)c1n[nH]c3c1CCC3)CC(C)(C)O2. The highest BCUT2D eigenvalue weighted by Gasteiger charge is 2.36. The number of nitrogens with one attached hydrogen (secondary N) is 2. The third-order valence-electron chi connectivity index (χ3n) is 5.00. The number of ether oxygens (including phenoxy) is 2. The van der Waals surface area contributed by atoms with E-state index in [-0.39, 0.29) is 17.6 Å². The topological polar surface area (TPSA) is 76.2 Å². The first-order valence-electron chi connectivity index (χ1n) is 8.71. The van der Waals surface area contributed by atoms with Crippen LogP contribution in [0.5, 0.6) is 11.5 Å². The molecule has 6 heteroatoms. The second-order valence-corrected chi connectivity index (χ2v) is 7.38. The van der Waals surface area contributed by atoms with E-state index in [1.165, 1.54) is 0 Å². The molecule has 0 unspecified atom stereocenters. The van der Waals surface area contributed by atoms with Gasteiger partial charge in [0.15, 0.2) is 5.69 Å². The number of H-pyrrole nitrogens is 1. The van der Waals surface area contributed by atoms with Gasteiger partial charge in [0, 0.05) is 23.2 Å². The van der Waals surface area contributed by atoms with Crippen molar-refractivity contribution in [3.05, 3.63) is 40.7 Å². The summed E-state index contributed by atoms with van der Waals surface area (Å²) in [5, 5.41) is 10.4. The van der Waals surface area contributed by atoms with Crippen molar-refractivity contribution in [3.8, 4) is 11.5 Å². The van der Waals surface area contributed by atoms with E-state index in [1.807, 2.05) is 32.0 Å². The van der Waals surface area contributed by atoms with Crippen LogP contribution in [0.25, 0.3) is 0 Å². The maximum atomic E-state index is 12.8. The van der Waals surface area contributed by atoms with Crippen molar-refractivity contribution < 1.29 is 14.3 Å². The second-order valence-electron chi connectivity index (χ2n) is 7.38. The third kappa shape index (κ3) is 2.86. The lowest BCUT2D eigenvalue weighted by atomic mass is 9.89. The Balaban J connectivity index is 1.64. The standard InChI is InChI=1S/C19H23N3O3/c1-19(2)10-15(13-9-11(24-3)7-8-16(13)25-19)20-18(23)17-12-5-4-6-14(12)21-22-17/h7-9,15H,4-6,10H2,1-3H3,(H,20,23)(H,21,22)/t15-/m0/s1. The fourth-order valence-corrected chi connectivity index (χ4v) is 3.82. The van der Waals surface area contributed by atoms with E-state index in [9.17, 15) is 4.79 Å². The van der Waals surface area contributed by atoms with Crippen LogP contribution in [0.2, 0.25) is 0 Å². The number of nitrogens with zero attached hydrogens (tertiary/aromatic N) is 1. The van der Waals surface area contributed by atoms with E-state index in [1.54, 1.807) is 7.11 Å². The number of aryl methyl sites for hydroxylation is 1. The summed E-state index contributed by atoms with van der Waals surface area (Å²) in [4.78, 5) is 12.8. The smallest absolute Gasteiger partial charge is 0.272 e. The summed E-state index contributed by atoms with van der Waals surface area (Å²) >= 11 is 0. The van der Waals surface area contributed by atoms with Crippen molar-refractivity contribution in [2.75, 3.05) is 7.11 Å². The molecule has 0 saturated carbocycles. The number of rotatable bonds is 3. The van der Waals surface area contributed by atoms with Crippen LogP contribution in [0, 0.1) is 0 Å². The zero-order valence-corrected chi connectivity index (χ0v) is 14.8. The number of carbonyl (C=O) groups is 1. The number of fused-ring (bicyclic) bond motifs is 2. The number of hydrogen-bond acceptors (Lipinski definition) is 4. The number of aromatic nitrogens is 2. The number of aromatic amines is 1. The summed E-state index contributed by atoms with van der Waals surface area (Å²) in [5.74, 6) is 1.41. The Morgan fingerprint density at radius 2 is 2.24 bits per heavy atom. The van der Waals surface area contributed by atoms with Gasteiger partial charge in [-0.1, -0.05) is 0 Å². The summed E-state index contributed by atoms with van der Waals surface area (Å²) in [6.45, 7) is 4.07. The second kappa shape index (κ2) is 5.79. The van der Waals surface area contributed by atoms with Gasteiger partial charge in [-0.05, 0) is 51.3 Å². The average molecular weight is 341 g/mol. The molecule has 1 aromatic carbocycles. The summed E-state index contributed by atoms with van der Waals surface area (Å²) in [7, 11) is 1.63. The number of amides is 1.